The second kappa shape index (κ2) is 7.84. The van der Waals surface area contributed by atoms with Crippen LogP contribution in [0.15, 0.2) is 51.5 Å². The van der Waals surface area contributed by atoms with E-state index in [1.54, 1.807) is 46.5 Å². The third-order valence-electron chi connectivity index (χ3n) is 4.13. The quantitative estimate of drug-likeness (QED) is 0.664. The normalized spacial score (nSPS) is 15.1. The molecule has 0 aliphatic carbocycles. The van der Waals surface area contributed by atoms with E-state index in [-0.39, 0.29) is 5.91 Å². The van der Waals surface area contributed by atoms with E-state index in [0.717, 1.165) is 10.0 Å². The molecule has 140 valence electrons. The summed E-state index contributed by atoms with van der Waals surface area (Å²) in [6.45, 7) is 1.81. The summed E-state index contributed by atoms with van der Waals surface area (Å²) in [5, 5.41) is 5.79. The fraction of sp³-hybridized carbons (Fsp3) is 0.200. The second-order valence-corrected chi connectivity index (χ2v) is 6.71. The van der Waals surface area contributed by atoms with Crippen LogP contribution in [-0.4, -0.2) is 32.9 Å². The Kier molecular flexibility index (Phi) is 5.51. The van der Waals surface area contributed by atoms with Gasteiger partial charge in [0.15, 0.2) is 11.5 Å². The van der Waals surface area contributed by atoms with Crippen LogP contribution < -0.4 is 19.2 Å². The zero-order chi connectivity index (χ0) is 19.6. The number of nitrogens with zero attached hydrogens (tertiary/aromatic N) is 2. The molecule has 0 radical (unpaired) electrons. The molecule has 0 fully saturated rings. The molecule has 0 bridgehead atoms. The Labute approximate surface area is 166 Å². The molecule has 2 aromatic carbocycles. The van der Waals surface area contributed by atoms with Crippen molar-refractivity contribution in [3.05, 3.63) is 52.0 Å². The molecule has 7 heteroatoms. The smallest absolute Gasteiger partial charge is 0.280 e. The molecule has 0 aromatic heterocycles. The van der Waals surface area contributed by atoms with E-state index in [4.69, 9.17) is 14.2 Å². The lowest BCUT2D eigenvalue weighted by atomic mass is 10.1. The largest absolute Gasteiger partial charge is 0.493 e. The van der Waals surface area contributed by atoms with Crippen molar-refractivity contribution in [2.24, 2.45) is 5.10 Å². The van der Waals surface area contributed by atoms with Crippen molar-refractivity contribution < 1.29 is 19.0 Å². The monoisotopic (exact) mass is 430 g/mol. The van der Waals surface area contributed by atoms with Crippen LogP contribution in [0.3, 0.4) is 0 Å². The number of hydrogen-bond acceptors (Lipinski definition) is 5. The first-order valence-corrected chi connectivity index (χ1v) is 8.95. The summed E-state index contributed by atoms with van der Waals surface area (Å²) in [7, 11) is 4.65. The maximum absolute atomic E-state index is 12.9. The third-order valence-corrected chi connectivity index (χ3v) is 4.66. The highest BCUT2D eigenvalue weighted by molar-refractivity contribution is 9.10. The van der Waals surface area contributed by atoms with Crippen LogP contribution in [0.25, 0.3) is 6.08 Å². The van der Waals surface area contributed by atoms with Crippen LogP contribution in [-0.2, 0) is 4.79 Å². The summed E-state index contributed by atoms with van der Waals surface area (Å²) in [6, 6.07) is 11.0. The molecule has 0 saturated carbocycles. The maximum Gasteiger partial charge on any atom is 0.280 e. The van der Waals surface area contributed by atoms with E-state index in [0.29, 0.717) is 34.2 Å². The molecule has 1 aliphatic rings. The van der Waals surface area contributed by atoms with Crippen LogP contribution in [0.1, 0.15) is 12.5 Å². The zero-order valence-corrected chi connectivity index (χ0v) is 17.0. The average Bonchev–Trinajstić information content (AvgIpc) is 2.96. The van der Waals surface area contributed by atoms with Gasteiger partial charge in [0.2, 0.25) is 5.75 Å². The predicted octanol–water partition coefficient (Wildman–Crippen LogP) is 4.28. The number of amides is 1. The Morgan fingerprint density at radius 1 is 1.00 bits per heavy atom. The van der Waals surface area contributed by atoms with Crippen molar-refractivity contribution in [3.8, 4) is 17.2 Å². The van der Waals surface area contributed by atoms with E-state index in [1.165, 1.54) is 5.01 Å². The van der Waals surface area contributed by atoms with Gasteiger partial charge >= 0.3 is 0 Å². The first kappa shape index (κ1) is 19.0. The van der Waals surface area contributed by atoms with Gasteiger partial charge in [0.05, 0.1) is 38.3 Å². The number of hydrogen-bond donors (Lipinski definition) is 0. The van der Waals surface area contributed by atoms with Gasteiger partial charge in [-0.25, -0.2) is 0 Å². The third kappa shape index (κ3) is 3.68. The van der Waals surface area contributed by atoms with Crippen molar-refractivity contribution in [2.75, 3.05) is 26.3 Å². The number of anilines is 1. The highest BCUT2D eigenvalue weighted by atomic mass is 79.9. The number of rotatable bonds is 5. The fourth-order valence-electron chi connectivity index (χ4n) is 2.79. The summed E-state index contributed by atoms with van der Waals surface area (Å²) in [4.78, 5) is 12.9. The number of hydrazone groups is 1. The molecule has 0 atom stereocenters. The van der Waals surface area contributed by atoms with Crippen molar-refractivity contribution in [2.45, 2.75) is 6.92 Å². The molecule has 3 rings (SSSR count). The molecule has 0 saturated heterocycles. The van der Waals surface area contributed by atoms with E-state index in [1.807, 2.05) is 24.3 Å². The average molecular weight is 431 g/mol. The number of methoxy groups -OCH3 is 3. The van der Waals surface area contributed by atoms with Crippen molar-refractivity contribution in [3.63, 3.8) is 0 Å². The van der Waals surface area contributed by atoms with Gasteiger partial charge in [-0.2, -0.15) is 10.1 Å². The SMILES string of the molecule is COc1cc(C=C2C(=O)N(c3ccc(Br)cc3)N=C2C)cc(OC)c1OC. The Hall–Kier alpha value is -2.80. The number of carbonyl (C=O) groups is 1. The minimum absolute atomic E-state index is 0.191. The van der Waals surface area contributed by atoms with Crippen LogP contribution in [0, 0.1) is 0 Å². The molecule has 27 heavy (non-hydrogen) atoms. The highest BCUT2D eigenvalue weighted by Gasteiger charge is 2.29. The molecule has 1 heterocycles. The Morgan fingerprint density at radius 3 is 2.11 bits per heavy atom. The maximum atomic E-state index is 12.9. The first-order chi connectivity index (χ1) is 13.0. The zero-order valence-electron chi connectivity index (χ0n) is 15.4. The Bertz CT molecular complexity index is 910. The molecular formula is C20H19BrN2O4. The lowest BCUT2D eigenvalue weighted by Gasteiger charge is -2.13. The summed E-state index contributed by atoms with van der Waals surface area (Å²) in [6.07, 6.45) is 1.77. The van der Waals surface area contributed by atoms with E-state index < -0.39 is 0 Å². The standard InChI is InChI=1S/C20H19BrN2O4/c1-12-16(20(24)23(22-12)15-7-5-14(21)6-8-15)9-13-10-17(25-2)19(27-4)18(11-13)26-3/h5-11H,1-4H3. The number of benzene rings is 2. The highest BCUT2D eigenvalue weighted by Crippen LogP contribution is 2.39. The van der Waals surface area contributed by atoms with E-state index in [2.05, 4.69) is 21.0 Å². The lowest BCUT2D eigenvalue weighted by Crippen LogP contribution is -2.21. The fourth-order valence-corrected chi connectivity index (χ4v) is 3.06. The van der Waals surface area contributed by atoms with Gasteiger partial charge in [0, 0.05) is 4.47 Å². The van der Waals surface area contributed by atoms with Gasteiger partial charge in [-0.3, -0.25) is 4.79 Å². The van der Waals surface area contributed by atoms with Gasteiger partial charge in [-0.05, 0) is 55.0 Å². The Balaban J connectivity index is 1.99. The van der Waals surface area contributed by atoms with Gasteiger partial charge in [-0.1, -0.05) is 15.9 Å². The van der Waals surface area contributed by atoms with Crippen LogP contribution in [0.4, 0.5) is 5.69 Å². The summed E-state index contributed by atoms with van der Waals surface area (Å²) < 4.78 is 17.0. The van der Waals surface area contributed by atoms with Crippen molar-refractivity contribution in [1.29, 1.82) is 0 Å². The van der Waals surface area contributed by atoms with E-state index >= 15 is 0 Å². The second-order valence-electron chi connectivity index (χ2n) is 5.80. The molecule has 0 spiro atoms. The van der Waals surface area contributed by atoms with Gasteiger partial charge in [0.25, 0.3) is 5.91 Å². The molecule has 2 aromatic rings. The topological polar surface area (TPSA) is 60.4 Å². The van der Waals surface area contributed by atoms with Gasteiger partial charge < -0.3 is 14.2 Å². The number of halogens is 1. The van der Waals surface area contributed by atoms with Crippen molar-refractivity contribution >= 4 is 39.3 Å². The molecule has 1 aliphatic heterocycles. The molecule has 0 unspecified atom stereocenters. The van der Waals surface area contributed by atoms with Crippen LogP contribution in [0.2, 0.25) is 0 Å². The summed E-state index contributed by atoms with van der Waals surface area (Å²) in [5.41, 5.74) is 2.60. The molecular weight excluding hydrogens is 412 g/mol. The van der Waals surface area contributed by atoms with E-state index in [9.17, 15) is 4.79 Å². The lowest BCUT2D eigenvalue weighted by molar-refractivity contribution is -0.114. The van der Waals surface area contributed by atoms with Gasteiger partial charge in [-0.15, -0.1) is 0 Å². The van der Waals surface area contributed by atoms with Crippen LogP contribution in [0.5, 0.6) is 17.2 Å². The molecule has 6 nitrogen and oxygen atoms in total. The van der Waals surface area contributed by atoms with Gasteiger partial charge in [0.1, 0.15) is 0 Å². The number of ether oxygens (including phenoxy) is 3. The first-order valence-electron chi connectivity index (χ1n) is 8.15. The minimum atomic E-state index is -0.191. The van der Waals surface area contributed by atoms with Crippen LogP contribution >= 0.6 is 15.9 Å². The van der Waals surface area contributed by atoms with Crippen molar-refractivity contribution in [1.82, 2.24) is 0 Å². The summed E-state index contributed by atoms with van der Waals surface area (Å²) in [5.74, 6) is 1.35. The minimum Gasteiger partial charge on any atom is -0.493 e. The predicted molar refractivity (Wildman–Crippen MR) is 109 cm³/mol. The Morgan fingerprint density at radius 2 is 1.59 bits per heavy atom. The number of carbonyl (C=O) groups excluding carboxylic acids is 1. The summed E-state index contributed by atoms with van der Waals surface area (Å²) >= 11 is 3.39. The molecule has 1 amide bonds. The molecule has 0 N–H and O–H groups in total.